The van der Waals surface area contributed by atoms with Crippen LogP contribution in [-0.2, 0) is 39.1 Å². The van der Waals surface area contributed by atoms with Crippen LogP contribution in [0.3, 0.4) is 0 Å². The van der Waals surface area contributed by atoms with E-state index in [9.17, 15) is 0 Å². The SMILES string of the molecule is [CH2-]Cc1cc(C)n[n-]1.[Y]. The van der Waals surface area contributed by atoms with Gasteiger partial charge in [0.2, 0.25) is 0 Å². The molecule has 3 heteroatoms. The first-order valence-corrected chi connectivity index (χ1v) is 2.58. The first kappa shape index (κ1) is 9.31. The summed E-state index contributed by atoms with van der Waals surface area (Å²) < 4.78 is 0. The maximum Gasteiger partial charge on any atom is 0.0130 e. The molecule has 0 aliphatic carbocycles. The van der Waals surface area contributed by atoms with E-state index in [1.807, 2.05) is 13.0 Å². The van der Waals surface area contributed by atoms with E-state index in [-0.39, 0.29) is 32.7 Å². The molecule has 9 heavy (non-hydrogen) atoms. The van der Waals surface area contributed by atoms with Crippen molar-refractivity contribution >= 4 is 0 Å². The number of hydrogen-bond donors (Lipinski definition) is 0. The Morgan fingerprint density at radius 1 is 1.78 bits per heavy atom. The molecule has 0 unspecified atom stereocenters. The Morgan fingerprint density at radius 3 is 2.67 bits per heavy atom. The summed E-state index contributed by atoms with van der Waals surface area (Å²) in [5.41, 5.74) is 1.95. The fourth-order valence-corrected chi connectivity index (χ4v) is 0.564. The molecule has 0 saturated heterocycles. The number of nitrogens with zero attached hydrogens (tertiary/aromatic N) is 2. The summed E-state index contributed by atoms with van der Waals surface area (Å²) in [4.78, 5) is 0. The summed E-state index contributed by atoms with van der Waals surface area (Å²) in [7, 11) is 0. The summed E-state index contributed by atoms with van der Waals surface area (Å²) in [6.45, 7) is 5.59. The third-order valence-corrected chi connectivity index (χ3v) is 0.968. The van der Waals surface area contributed by atoms with Crippen molar-refractivity contribution in [2.75, 3.05) is 0 Å². The Balaban J connectivity index is 0.000000640. The van der Waals surface area contributed by atoms with Gasteiger partial charge in [-0.25, -0.2) is 0 Å². The molecular weight excluding hydrogens is 189 g/mol. The van der Waals surface area contributed by atoms with Crippen molar-refractivity contribution in [3.05, 3.63) is 24.4 Å². The predicted octanol–water partition coefficient (Wildman–Crippen LogP) is 0.721. The molecule has 0 aromatic carbocycles. The van der Waals surface area contributed by atoms with Crippen molar-refractivity contribution in [1.29, 1.82) is 0 Å². The van der Waals surface area contributed by atoms with Gasteiger partial charge in [0.05, 0.1) is 0 Å². The van der Waals surface area contributed by atoms with Crippen LogP contribution in [0.5, 0.6) is 0 Å². The van der Waals surface area contributed by atoms with Crippen LogP contribution in [0.15, 0.2) is 6.07 Å². The first-order valence-electron chi connectivity index (χ1n) is 2.58. The topological polar surface area (TPSA) is 27.0 Å². The Hall–Kier alpha value is 0.314. The molecule has 1 radical (unpaired) electrons. The zero-order valence-corrected chi connectivity index (χ0v) is 8.30. The van der Waals surface area contributed by atoms with Crippen molar-refractivity contribution in [2.45, 2.75) is 13.3 Å². The summed E-state index contributed by atoms with van der Waals surface area (Å²) in [5, 5.41) is 7.62. The van der Waals surface area contributed by atoms with Crippen molar-refractivity contribution in [3.8, 4) is 0 Å². The Kier molecular flexibility index (Phi) is 4.33. The van der Waals surface area contributed by atoms with Gasteiger partial charge in [-0.3, -0.25) is 0 Å². The molecule has 2 nitrogen and oxygen atoms in total. The van der Waals surface area contributed by atoms with Crippen LogP contribution in [0, 0.1) is 13.8 Å². The van der Waals surface area contributed by atoms with E-state index in [1.165, 1.54) is 0 Å². The quantitative estimate of drug-likeness (QED) is 0.620. The summed E-state index contributed by atoms with van der Waals surface area (Å²) in [6.07, 6.45) is 0.737. The van der Waals surface area contributed by atoms with Crippen LogP contribution >= 0.6 is 0 Å². The summed E-state index contributed by atoms with van der Waals surface area (Å²) in [5.74, 6) is 0. The number of rotatable bonds is 1. The van der Waals surface area contributed by atoms with Gasteiger partial charge in [-0.05, 0) is 6.92 Å². The molecule has 1 aromatic rings. The fraction of sp³-hybridized carbons (Fsp3) is 0.333. The molecule has 1 aromatic heterocycles. The third-order valence-electron chi connectivity index (χ3n) is 0.968. The van der Waals surface area contributed by atoms with Crippen molar-refractivity contribution in [1.82, 2.24) is 10.2 Å². The molecule has 0 fully saturated rings. The molecule has 0 atom stereocenters. The molecule has 0 amide bonds. The molecule has 0 spiro atoms. The van der Waals surface area contributed by atoms with Gasteiger partial charge in [-0.1, -0.05) is 6.07 Å². The van der Waals surface area contributed by atoms with Gasteiger partial charge in [-0.15, -0.1) is 0 Å². The van der Waals surface area contributed by atoms with E-state index in [0.717, 1.165) is 17.8 Å². The van der Waals surface area contributed by atoms with Gasteiger partial charge in [0, 0.05) is 38.4 Å². The maximum absolute atomic E-state index is 3.82. The minimum atomic E-state index is 0. The number of aromatic nitrogens is 2. The molecule has 0 aliphatic heterocycles. The normalized spacial score (nSPS) is 8.67. The van der Waals surface area contributed by atoms with E-state index in [2.05, 4.69) is 17.1 Å². The predicted molar refractivity (Wildman–Crippen MR) is 31.4 cm³/mol. The summed E-state index contributed by atoms with van der Waals surface area (Å²) in [6, 6.07) is 1.94. The molecule has 0 bridgehead atoms. The van der Waals surface area contributed by atoms with Gasteiger partial charge in [0.1, 0.15) is 0 Å². The molecule has 47 valence electrons. The van der Waals surface area contributed by atoms with E-state index in [1.54, 1.807) is 0 Å². The fourth-order valence-electron chi connectivity index (χ4n) is 0.564. The Bertz CT molecular complexity index is 171. The Labute approximate surface area is 80.3 Å². The molecular formula is C6H8N2Y-2. The van der Waals surface area contributed by atoms with Gasteiger partial charge in [-0.2, -0.15) is 12.1 Å². The second-order valence-corrected chi connectivity index (χ2v) is 1.73. The van der Waals surface area contributed by atoms with Crippen LogP contribution in [0.1, 0.15) is 11.4 Å². The second kappa shape index (κ2) is 4.18. The van der Waals surface area contributed by atoms with E-state index < -0.39 is 0 Å². The van der Waals surface area contributed by atoms with Gasteiger partial charge in [0.15, 0.2) is 0 Å². The van der Waals surface area contributed by atoms with Gasteiger partial charge in [0.25, 0.3) is 0 Å². The molecule has 1 rings (SSSR count). The van der Waals surface area contributed by atoms with Crippen LogP contribution in [0.2, 0.25) is 0 Å². The van der Waals surface area contributed by atoms with Crippen LogP contribution in [-0.4, -0.2) is 5.10 Å². The van der Waals surface area contributed by atoms with Crippen LogP contribution in [0.25, 0.3) is 0 Å². The third kappa shape index (κ3) is 2.59. The molecule has 0 aliphatic rings. The monoisotopic (exact) mass is 197 g/mol. The van der Waals surface area contributed by atoms with Crippen LogP contribution < -0.4 is 5.10 Å². The maximum atomic E-state index is 3.82. The molecule has 0 saturated carbocycles. The van der Waals surface area contributed by atoms with E-state index >= 15 is 0 Å². The van der Waals surface area contributed by atoms with Gasteiger partial charge < -0.3 is 17.1 Å². The number of hydrogen-bond acceptors (Lipinski definition) is 1. The first-order chi connectivity index (χ1) is 3.83. The van der Waals surface area contributed by atoms with E-state index in [0.29, 0.717) is 0 Å². The molecule has 0 N–H and O–H groups in total. The van der Waals surface area contributed by atoms with Crippen molar-refractivity contribution in [3.63, 3.8) is 0 Å². The van der Waals surface area contributed by atoms with Crippen LogP contribution in [0.4, 0.5) is 0 Å². The van der Waals surface area contributed by atoms with Gasteiger partial charge >= 0.3 is 0 Å². The summed E-state index contributed by atoms with van der Waals surface area (Å²) >= 11 is 0. The van der Waals surface area contributed by atoms with E-state index in [4.69, 9.17) is 0 Å². The zero-order chi connectivity index (χ0) is 5.98. The smallest absolute Gasteiger partial charge is 0.0130 e. The average molecular weight is 197 g/mol. The largest absolute Gasteiger partial charge is 0.581 e. The second-order valence-electron chi connectivity index (χ2n) is 1.73. The van der Waals surface area contributed by atoms with Crippen molar-refractivity contribution in [2.24, 2.45) is 0 Å². The minimum Gasteiger partial charge on any atom is -0.581 e. The number of aryl methyl sites for hydroxylation is 1. The molecule has 1 heterocycles. The average Bonchev–Trinajstić information content (AvgIpc) is 2.14. The Morgan fingerprint density at radius 2 is 2.44 bits per heavy atom. The minimum absolute atomic E-state index is 0. The standard InChI is InChI=1S/C6H8N2.Y/c1-3-6-4-5(2)7-8-6;/h4H,1,3H2,2H3;/q-2;. The van der Waals surface area contributed by atoms with Crippen molar-refractivity contribution < 1.29 is 32.7 Å². The zero-order valence-electron chi connectivity index (χ0n) is 5.46.